The molecule has 0 spiro atoms. The molecule has 0 unspecified atom stereocenters. The third-order valence-electron chi connectivity index (χ3n) is 2.15. The fourth-order valence-electron chi connectivity index (χ4n) is 1.43. The van der Waals surface area contributed by atoms with Gasteiger partial charge in [0.15, 0.2) is 0 Å². The molecule has 1 aromatic heterocycles. The molecule has 5 nitrogen and oxygen atoms in total. The highest BCUT2D eigenvalue weighted by Crippen LogP contribution is 2.15. The molecule has 1 heterocycles. The van der Waals surface area contributed by atoms with Gasteiger partial charge in [0.2, 0.25) is 5.82 Å². The predicted octanol–water partition coefficient (Wildman–Crippen LogP) is 0.792. The molecule has 0 radical (unpaired) electrons. The minimum atomic E-state index is 0.215. The van der Waals surface area contributed by atoms with Crippen LogP contribution in [0.5, 0.6) is 0 Å². The van der Waals surface area contributed by atoms with Crippen molar-refractivity contribution in [3.05, 3.63) is 29.8 Å². The van der Waals surface area contributed by atoms with Gasteiger partial charge in [-0.2, -0.15) is 5.21 Å². The first-order valence-corrected chi connectivity index (χ1v) is 4.84. The number of H-pyrrole nitrogens is 1. The molecule has 0 atom stereocenters. The van der Waals surface area contributed by atoms with Gasteiger partial charge >= 0.3 is 0 Å². The zero-order valence-corrected chi connectivity index (χ0v) is 8.22. The van der Waals surface area contributed by atoms with Crippen LogP contribution < -0.4 is 0 Å². The second-order valence-electron chi connectivity index (χ2n) is 3.26. The van der Waals surface area contributed by atoms with Crippen LogP contribution in [-0.2, 0) is 6.42 Å². The number of nitrogens with zero attached hydrogens (tertiary/aromatic N) is 3. The summed E-state index contributed by atoms with van der Waals surface area (Å²) in [7, 11) is 0. The highest BCUT2D eigenvalue weighted by molar-refractivity contribution is 5.54. The first-order chi connectivity index (χ1) is 7.40. The lowest BCUT2D eigenvalue weighted by Crippen LogP contribution is -1.90. The molecule has 2 rings (SSSR count). The van der Waals surface area contributed by atoms with Crippen molar-refractivity contribution < 1.29 is 5.11 Å². The van der Waals surface area contributed by atoms with Crippen LogP contribution in [0.25, 0.3) is 11.4 Å². The molecule has 5 heteroatoms. The lowest BCUT2D eigenvalue weighted by atomic mass is 10.1. The van der Waals surface area contributed by atoms with Gasteiger partial charge in [0.1, 0.15) is 0 Å². The average Bonchev–Trinajstić information content (AvgIpc) is 2.80. The molecule has 0 bridgehead atoms. The van der Waals surface area contributed by atoms with E-state index >= 15 is 0 Å². The molecular formula is C10H12N4O. The largest absolute Gasteiger partial charge is 0.396 e. The second-order valence-corrected chi connectivity index (χ2v) is 3.26. The molecule has 2 N–H and O–H groups in total. The molecule has 0 amide bonds. The first-order valence-electron chi connectivity index (χ1n) is 4.84. The zero-order valence-electron chi connectivity index (χ0n) is 8.22. The van der Waals surface area contributed by atoms with Crippen molar-refractivity contribution in [1.82, 2.24) is 20.6 Å². The normalized spacial score (nSPS) is 10.5. The van der Waals surface area contributed by atoms with Crippen molar-refractivity contribution in [1.29, 1.82) is 0 Å². The van der Waals surface area contributed by atoms with Crippen LogP contribution in [0, 0.1) is 0 Å². The minimum absolute atomic E-state index is 0.215. The summed E-state index contributed by atoms with van der Waals surface area (Å²) in [6.07, 6.45) is 1.64. The molecule has 0 saturated heterocycles. The van der Waals surface area contributed by atoms with E-state index < -0.39 is 0 Å². The Hall–Kier alpha value is -1.75. The monoisotopic (exact) mass is 204 g/mol. The maximum atomic E-state index is 8.74. The molecule has 15 heavy (non-hydrogen) atoms. The molecule has 0 aliphatic heterocycles. The number of tetrazole rings is 1. The van der Waals surface area contributed by atoms with Crippen LogP contribution in [0.1, 0.15) is 12.0 Å². The molecule has 0 fully saturated rings. The average molecular weight is 204 g/mol. The van der Waals surface area contributed by atoms with Gasteiger partial charge in [0, 0.05) is 12.2 Å². The minimum Gasteiger partial charge on any atom is -0.396 e. The number of aromatic nitrogens is 4. The van der Waals surface area contributed by atoms with E-state index in [1.54, 1.807) is 0 Å². The Morgan fingerprint density at radius 2 is 2.27 bits per heavy atom. The van der Waals surface area contributed by atoms with Gasteiger partial charge in [-0.15, -0.1) is 10.2 Å². The summed E-state index contributed by atoms with van der Waals surface area (Å²) in [5.74, 6) is 0.598. The van der Waals surface area contributed by atoms with Gasteiger partial charge in [0.05, 0.1) is 0 Å². The Morgan fingerprint density at radius 1 is 1.33 bits per heavy atom. The van der Waals surface area contributed by atoms with E-state index in [-0.39, 0.29) is 6.61 Å². The van der Waals surface area contributed by atoms with E-state index in [0.29, 0.717) is 5.82 Å². The van der Waals surface area contributed by atoms with Crippen molar-refractivity contribution in [3.8, 4) is 11.4 Å². The Bertz CT molecular complexity index is 413. The number of aromatic amines is 1. The Labute approximate surface area is 87.2 Å². The van der Waals surface area contributed by atoms with Crippen LogP contribution >= 0.6 is 0 Å². The van der Waals surface area contributed by atoms with Gasteiger partial charge in [-0.1, -0.05) is 18.2 Å². The predicted molar refractivity (Wildman–Crippen MR) is 55.0 cm³/mol. The number of rotatable bonds is 4. The maximum Gasteiger partial charge on any atom is 0.204 e. The number of hydrogen-bond acceptors (Lipinski definition) is 4. The molecule has 78 valence electrons. The molecule has 1 aromatic carbocycles. The van der Waals surface area contributed by atoms with Crippen molar-refractivity contribution in [2.45, 2.75) is 12.8 Å². The smallest absolute Gasteiger partial charge is 0.204 e. The number of aliphatic hydroxyl groups excluding tert-OH is 1. The summed E-state index contributed by atoms with van der Waals surface area (Å²) >= 11 is 0. The van der Waals surface area contributed by atoms with Crippen molar-refractivity contribution in [2.24, 2.45) is 0 Å². The fourth-order valence-corrected chi connectivity index (χ4v) is 1.43. The number of aliphatic hydroxyl groups is 1. The fraction of sp³-hybridized carbons (Fsp3) is 0.300. The van der Waals surface area contributed by atoms with Crippen LogP contribution in [-0.4, -0.2) is 32.3 Å². The quantitative estimate of drug-likeness (QED) is 0.772. The number of hydrogen-bond donors (Lipinski definition) is 2. The first kappa shape index (κ1) is 9.79. The highest BCUT2D eigenvalue weighted by atomic mass is 16.2. The van der Waals surface area contributed by atoms with E-state index in [1.807, 2.05) is 24.3 Å². The third kappa shape index (κ3) is 2.38. The number of aryl methyl sites for hydroxylation is 1. The highest BCUT2D eigenvalue weighted by Gasteiger charge is 2.02. The topological polar surface area (TPSA) is 74.7 Å². The standard InChI is InChI=1S/C10H12N4O/c15-6-2-4-8-3-1-5-9(7-8)10-11-13-14-12-10/h1,3,5,7,15H,2,4,6H2,(H,11,12,13,14). The Balaban J connectivity index is 2.19. The van der Waals surface area contributed by atoms with E-state index in [1.165, 1.54) is 5.56 Å². The number of benzene rings is 1. The van der Waals surface area contributed by atoms with Crippen LogP contribution in [0.3, 0.4) is 0 Å². The van der Waals surface area contributed by atoms with Crippen molar-refractivity contribution in [2.75, 3.05) is 6.61 Å². The summed E-state index contributed by atoms with van der Waals surface area (Å²) in [4.78, 5) is 0. The summed E-state index contributed by atoms with van der Waals surface area (Å²) in [5.41, 5.74) is 2.12. The Morgan fingerprint density at radius 3 is 3.00 bits per heavy atom. The van der Waals surface area contributed by atoms with E-state index in [0.717, 1.165) is 18.4 Å². The molecule has 2 aromatic rings. The van der Waals surface area contributed by atoms with Crippen molar-refractivity contribution >= 4 is 0 Å². The molecule has 0 aliphatic carbocycles. The summed E-state index contributed by atoms with van der Waals surface area (Å²) < 4.78 is 0. The molecular weight excluding hydrogens is 192 g/mol. The Kier molecular flexibility index (Phi) is 3.04. The van der Waals surface area contributed by atoms with E-state index in [9.17, 15) is 0 Å². The molecule has 0 saturated carbocycles. The van der Waals surface area contributed by atoms with E-state index in [4.69, 9.17) is 5.11 Å². The van der Waals surface area contributed by atoms with Gasteiger partial charge < -0.3 is 5.11 Å². The maximum absolute atomic E-state index is 8.74. The third-order valence-corrected chi connectivity index (χ3v) is 2.15. The lowest BCUT2D eigenvalue weighted by molar-refractivity contribution is 0.288. The molecule has 0 aliphatic rings. The van der Waals surface area contributed by atoms with Gasteiger partial charge in [-0.25, -0.2) is 0 Å². The number of nitrogens with one attached hydrogen (secondary N) is 1. The van der Waals surface area contributed by atoms with E-state index in [2.05, 4.69) is 20.6 Å². The summed E-state index contributed by atoms with van der Waals surface area (Å²) in [5, 5.41) is 22.5. The van der Waals surface area contributed by atoms with Crippen LogP contribution in [0.2, 0.25) is 0 Å². The van der Waals surface area contributed by atoms with Gasteiger partial charge in [-0.3, -0.25) is 0 Å². The summed E-state index contributed by atoms with van der Waals surface area (Å²) in [6.45, 7) is 0.215. The van der Waals surface area contributed by atoms with Gasteiger partial charge in [-0.05, 0) is 29.7 Å². The summed E-state index contributed by atoms with van der Waals surface area (Å²) in [6, 6.07) is 7.94. The lowest BCUT2D eigenvalue weighted by Gasteiger charge is -2.00. The SMILES string of the molecule is OCCCc1cccc(-c2nn[nH]n2)c1. The van der Waals surface area contributed by atoms with Crippen molar-refractivity contribution in [3.63, 3.8) is 0 Å². The van der Waals surface area contributed by atoms with Gasteiger partial charge in [0.25, 0.3) is 0 Å². The zero-order chi connectivity index (χ0) is 10.5. The van der Waals surface area contributed by atoms with Crippen LogP contribution in [0.4, 0.5) is 0 Å². The second kappa shape index (κ2) is 4.65. The van der Waals surface area contributed by atoms with Crippen LogP contribution in [0.15, 0.2) is 24.3 Å².